The van der Waals surface area contributed by atoms with Gasteiger partial charge in [-0.3, -0.25) is 0 Å². The molecule has 0 heterocycles. The molecule has 0 aromatic heterocycles. The molecule has 3 N–H and O–H groups in total. The van der Waals surface area contributed by atoms with Gasteiger partial charge in [-0.25, -0.2) is 8.78 Å². The second kappa shape index (κ2) is 5.55. The standard InChI is InChI=1S/C15H21F2NO/c1-10-4-6-15(9-18,7-5-10)14(19)12-8-11(16)2-3-13(12)17/h2-3,8,10,14,19H,4-7,9,18H2,1H3. The molecule has 1 atom stereocenters. The third kappa shape index (κ3) is 2.79. The van der Waals surface area contributed by atoms with Crippen LogP contribution >= 0.6 is 0 Å². The van der Waals surface area contributed by atoms with Crippen LogP contribution in [0.4, 0.5) is 8.78 Å². The Labute approximate surface area is 112 Å². The van der Waals surface area contributed by atoms with Crippen LogP contribution in [0.25, 0.3) is 0 Å². The smallest absolute Gasteiger partial charge is 0.129 e. The minimum absolute atomic E-state index is 0.0278. The van der Waals surface area contributed by atoms with Crippen molar-refractivity contribution in [1.29, 1.82) is 0 Å². The fourth-order valence-corrected chi connectivity index (χ4v) is 2.98. The highest BCUT2D eigenvalue weighted by Gasteiger charge is 2.41. The maximum atomic E-state index is 13.8. The maximum absolute atomic E-state index is 13.8. The van der Waals surface area contributed by atoms with Gasteiger partial charge in [-0.15, -0.1) is 0 Å². The predicted molar refractivity (Wildman–Crippen MR) is 70.4 cm³/mol. The van der Waals surface area contributed by atoms with Gasteiger partial charge < -0.3 is 10.8 Å². The Hall–Kier alpha value is -1.00. The Morgan fingerprint density at radius 1 is 1.37 bits per heavy atom. The number of benzene rings is 1. The summed E-state index contributed by atoms with van der Waals surface area (Å²) in [5.74, 6) is -0.503. The van der Waals surface area contributed by atoms with Gasteiger partial charge in [0.2, 0.25) is 0 Å². The third-order valence-corrected chi connectivity index (χ3v) is 4.51. The Morgan fingerprint density at radius 3 is 2.58 bits per heavy atom. The molecule has 1 saturated carbocycles. The predicted octanol–water partition coefficient (Wildman–Crippen LogP) is 3.15. The van der Waals surface area contributed by atoms with Gasteiger partial charge in [0.1, 0.15) is 11.6 Å². The Bertz CT molecular complexity index is 442. The first kappa shape index (κ1) is 14.4. The van der Waals surface area contributed by atoms with Gasteiger partial charge in [0, 0.05) is 17.5 Å². The summed E-state index contributed by atoms with van der Waals surface area (Å²) in [6.07, 6.45) is 2.39. The molecule has 4 heteroatoms. The van der Waals surface area contributed by atoms with E-state index in [4.69, 9.17) is 5.73 Å². The fourth-order valence-electron chi connectivity index (χ4n) is 2.98. The summed E-state index contributed by atoms with van der Waals surface area (Å²) in [4.78, 5) is 0. The molecule has 0 aliphatic heterocycles. The maximum Gasteiger partial charge on any atom is 0.129 e. The van der Waals surface area contributed by atoms with Crippen LogP contribution in [0.15, 0.2) is 18.2 Å². The van der Waals surface area contributed by atoms with Crippen molar-refractivity contribution < 1.29 is 13.9 Å². The summed E-state index contributed by atoms with van der Waals surface area (Å²) in [6, 6.07) is 3.20. The van der Waals surface area contributed by atoms with Crippen LogP contribution in [-0.4, -0.2) is 11.7 Å². The highest BCUT2D eigenvalue weighted by Crippen LogP contribution is 2.47. The summed E-state index contributed by atoms with van der Waals surface area (Å²) >= 11 is 0. The molecule has 0 amide bonds. The SMILES string of the molecule is CC1CCC(CN)(C(O)c2cc(F)ccc2F)CC1. The van der Waals surface area contributed by atoms with Crippen LogP contribution in [-0.2, 0) is 0 Å². The second-order valence-electron chi connectivity index (χ2n) is 5.82. The highest BCUT2D eigenvalue weighted by atomic mass is 19.1. The van der Waals surface area contributed by atoms with Gasteiger partial charge >= 0.3 is 0 Å². The van der Waals surface area contributed by atoms with Gasteiger partial charge in [0.05, 0.1) is 6.10 Å². The van der Waals surface area contributed by atoms with Crippen molar-refractivity contribution in [3.05, 3.63) is 35.4 Å². The molecule has 1 aromatic carbocycles. The number of halogens is 2. The Morgan fingerprint density at radius 2 is 2.00 bits per heavy atom. The fraction of sp³-hybridized carbons (Fsp3) is 0.600. The van der Waals surface area contributed by atoms with E-state index in [1.165, 1.54) is 0 Å². The van der Waals surface area contributed by atoms with Crippen molar-refractivity contribution in [2.24, 2.45) is 17.1 Å². The first-order valence-electron chi connectivity index (χ1n) is 6.81. The van der Waals surface area contributed by atoms with E-state index >= 15 is 0 Å². The van der Waals surface area contributed by atoms with Gasteiger partial charge in [-0.1, -0.05) is 19.8 Å². The lowest BCUT2D eigenvalue weighted by Gasteiger charge is -2.42. The second-order valence-corrected chi connectivity index (χ2v) is 5.82. The molecule has 0 radical (unpaired) electrons. The normalized spacial score (nSPS) is 29.2. The van der Waals surface area contributed by atoms with E-state index in [1.807, 2.05) is 0 Å². The minimum atomic E-state index is -1.04. The van der Waals surface area contributed by atoms with Crippen LogP contribution in [0, 0.1) is 23.0 Å². The molecule has 2 rings (SSSR count). The molecule has 0 spiro atoms. The van der Waals surface area contributed by atoms with E-state index in [0.29, 0.717) is 5.92 Å². The lowest BCUT2D eigenvalue weighted by molar-refractivity contribution is -0.0104. The van der Waals surface area contributed by atoms with E-state index in [0.717, 1.165) is 43.9 Å². The number of aliphatic hydroxyl groups is 1. The Kier molecular flexibility index (Phi) is 4.21. The molecule has 2 nitrogen and oxygen atoms in total. The molecule has 1 unspecified atom stereocenters. The summed E-state index contributed by atoms with van der Waals surface area (Å²) in [5, 5.41) is 10.5. The van der Waals surface area contributed by atoms with Crippen molar-refractivity contribution >= 4 is 0 Å². The molecule has 19 heavy (non-hydrogen) atoms. The van der Waals surface area contributed by atoms with Crippen LogP contribution in [0.3, 0.4) is 0 Å². The van der Waals surface area contributed by atoms with Crippen molar-refractivity contribution in [2.75, 3.05) is 6.54 Å². The summed E-state index contributed by atoms with van der Waals surface area (Å²) in [7, 11) is 0. The van der Waals surface area contributed by atoms with Crippen molar-refractivity contribution in [1.82, 2.24) is 0 Å². The number of aliphatic hydroxyl groups excluding tert-OH is 1. The van der Waals surface area contributed by atoms with E-state index in [9.17, 15) is 13.9 Å². The minimum Gasteiger partial charge on any atom is -0.388 e. The quantitative estimate of drug-likeness (QED) is 0.885. The average Bonchev–Trinajstić information content (AvgIpc) is 2.42. The molecular formula is C15H21F2NO. The first-order valence-corrected chi connectivity index (χ1v) is 6.81. The van der Waals surface area contributed by atoms with Gasteiger partial charge in [0.25, 0.3) is 0 Å². The van der Waals surface area contributed by atoms with Crippen molar-refractivity contribution in [3.8, 4) is 0 Å². The lowest BCUT2D eigenvalue weighted by atomic mass is 9.66. The van der Waals surface area contributed by atoms with E-state index in [1.54, 1.807) is 0 Å². The summed E-state index contributed by atoms with van der Waals surface area (Å²) < 4.78 is 27.0. The third-order valence-electron chi connectivity index (χ3n) is 4.51. The van der Waals surface area contributed by atoms with Crippen LogP contribution in [0.2, 0.25) is 0 Å². The summed E-state index contributed by atoms with van der Waals surface area (Å²) in [6.45, 7) is 2.45. The molecule has 1 aromatic rings. The number of hydrogen-bond acceptors (Lipinski definition) is 2. The first-order chi connectivity index (χ1) is 8.98. The Balaban J connectivity index is 2.30. The van der Waals surface area contributed by atoms with Crippen molar-refractivity contribution in [2.45, 2.75) is 38.7 Å². The number of rotatable bonds is 3. The molecule has 1 aliphatic carbocycles. The number of nitrogens with two attached hydrogens (primary N) is 1. The monoisotopic (exact) mass is 269 g/mol. The topological polar surface area (TPSA) is 46.2 Å². The number of hydrogen-bond donors (Lipinski definition) is 2. The molecule has 1 fully saturated rings. The molecule has 1 aliphatic rings. The van der Waals surface area contributed by atoms with Gasteiger partial charge in [-0.05, 0) is 37.0 Å². The van der Waals surface area contributed by atoms with Crippen LogP contribution < -0.4 is 5.73 Å². The van der Waals surface area contributed by atoms with Crippen LogP contribution in [0.5, 0.6) is 0 Å². The molecule has 0 bridgehead atoms. The van der Waals surface area contributed by atoms with E-state index in [-0.39, 0.29) is 12.1 Å². The van der Waals surface area contributed by atoms with E-state index in [2.05, 4.69) is 6.92 Å². The zero-order chi connectivity index (χ0) is 14.0. The van der Waals surface area contributed by atoms with Gasteiger partial charge in [0.15, 0.2) is 0 Å². The highest BCUT2D eigenvalue weighted by molar-refractivity contribution is 5.23. The molecule has 106 valence electrons. The zero-order valence-corrected chi connectivity index (χ0v) is 11.2. The van der Waals surface area contributed by atoms with Gasteiger partial charge in [-0.2, -0.15) is 0 Å². The zero-order valence-electron chi connectivity index (χ0n) is 11.2. The van der Waals surface area contributed by atoms with Crippen LogP contribution in [0.1, 0.15) is 44.3 Å². The summed E-state index contributed by atoms with van der Waals surface area (Å²) in [5.41, 5.74) is 5.34. The largest absolute Gasteiger partial charge is 0.388 e. The molecular weight excluding hydrogens is 248 g/mol. The molecule has 0 saturated heterocycles. The lowest BCUT2D eigenvalue weighted by Crippen LogP contribution is -2.40. The van der Waals surface area contributed by atoms with E-state index < -0.39 is 23.2 Å². The average molecular weight is 269 g/mol. The van der Waals surface area contributed by atoms with Crippen molar-refractivity contribution in [3.63, 3.8) is 0 Å².